The third-order valence-electron chi connectivity index (χ3n) is 4.69. The van der Waals surface area contributed by atoms with Crippen LogP contribution < -0.4 is 20.1 Å². The van der Waals surface area contributed by atoms with E-state index < -0.39 is 17.9 Å². The van der Waals surface area contributed by atoms with E-state index in [0.29, 0.717) is 23.5 Å². The van der Waals surface area contributed by atoms with Gasteiger partial charge in [-0.2, -0.15) is 4.98 Å². The van der Waals surface area contributed by atoms with Gasteiger partial charge in [0.2, 0.25) is 5.95 Å². The first-order chi connectivity index (χ1) is 15.4. The summed E-state index contributed by atoms with van der Waals surface area (Å²) in [5.41, 5.74) is 2.20. The van der Waals surface area contributed by atoms with Crippen LogP contribution >= 0.6 is 0 Å². The second-order valence-corrected chi connectivity index (χ2v) is 7.49. The van der Waals surface area contributed by atoms with Crippen molar-refractivity contribution in [2.24, 2.45) is 0 Å². The minimum Gasteiger partial charge on any atom is -0.491 e. The Hall–Kier alpha value is -3.88. The van der Waals surface area contributed by atoms with Crippen LogP contribution in [-0.2, 0) is 16.0 Å². The number of benzene rings is 2. The summed E-state index contributed by atoms with van der Waals surface area (Å²) >= 11 is 0. The van der Waals surface area contributed by atoms with Crippen LogP contribution in [0.4, 0.5) is 27.5 Å². The second-order valence-electron chi connectivity index (χ2n) is 7.49. The first-order valence-corrected chi connectivity index (χ1v) is 10.1. The molecule has 32 heavy (non-hydrogen) atoms. The maximum Gasteiger partial charge on any atom is 0.347 e. The number of ether oxygens (including phenoxy) is 3. The van der Waals surface area contributed by atoms with Gasteiger partial charge in [-0.15, -0.1) is 0 Å². The molecule has 0 spiro atoms. The summed E-state index contributed by atoms with van der Waals surface area (Å²) in [6, 6.07) is 12.5. The molecule has 0 radical (unpaired) electrons. The minimum absolute atomic E-state index is 0.0373. The molecular formula is C23H23FN4O4. The number of halogens is 1. The number of aromatic nitrogens is 2. The van der Waals surface area contributed by atoms with Gasteiger partial charge in [-0.05, 0) is 56.3 Å². The molecular weight excluding hydrogens is 415 g/mol. The summed E-state index contributed by atoms with van der Waals surface area (Å²) in [6.45, 7) is 3.89. The average molecular weight is 438 g/mol. The number of methoxy groups -OCH3 is 1. The fourth-order valence-corrected chi connectivity index (χ4v) is 3.26. The van der Waals surface area contributed by atoms with Gasteiger partial charge in [-0.3, -0.25) is 0 Å². The van der Waals surface area contributed by atoms with Crippen LogP contribution in [0.15, 0.2) is 48.7 Å². The largest absolute Gasteiger partial charge is 0.491 e. The van der Waals surface area contributed by atoms with Crippen molar-refractivity contribution >= 4 is 29.1 Å². The zero-order valence-electron chi connectivity index (χ0n) is 17.9. The quantitative estimate of drug-likeness (QED) is 0.526. The molecule has 1 atom stereocenters. The molecule has 0 amide bonds. The first-order valence-electron chi connectivity index (χ1n) is 10.1. The first kappa shape index (κ1) is 21.4. The number of hydrogen-bond donors (Lipinski definition) is 2. The molecule has 0 bridgehead atoms. The molecule has 0 fully saturated rings. The fourth-order valence-electron chi connectivity index (χ4n) is 3.26. The number of nitrogens with zero attached hydrogens (tertiary/aromatic N) is 2. The maximum atomic E-state index is 14.3. The van der Waals surface area contributed by atoms with Crippen LogP contribution in [0.25, 0.3) is 0 Å². The van der Waals surface area contributed by atoms with Crippen LogP contribution in [0.1, 0.15) is 19.4 Å². The number of fused-ring (bicyclic) bond motifs is 1. The highest BCUT2D eigenvalue weighted by atomic mass is 19.1. The maximum absolute atomic E-state index is 14.3. The van der Waals surface area contributed by atoms with Crippen LogP contribution in [0, 0.1) is 5.82 Å². The number of carbonyl (C=O) groups excluding carboxylic acids is 1. The topological polar surface area (TPSA) is 94.6 Å². The Morgan fingerprint density at radius 1 is 1.16 bits per heavy atom. The number of carbonyl (C=O) groups is 1. The van der Waals surface area contributed by atoms with Gasteiger partial charge in [-0.25, -0.2) is 14.2 Å². The molecule has 0 saturated heterocycles. The minimum atomic E-state index is -0.652. The summed E-state index contributed by atoms with van der Waals surface area (Å²) < 4.78 is 30.2. The van der Waals surface area contributed by atoms with Crippen LogP contribution in [0.2, 0.25) is 0 Å². The molecule has 1 aliphatic rings. The van der Waals surface area contributed by atoms with Gasteiger partial charge >= 0.3 is 5.97 Å². The van der Waals surface area contributed by atoms with E-state index in [-0.39, 0.29) is 17.9 Å². The van der Waals surface area contributed by atoms with E-state index in [0.717, 1.165) is 17.5 Å². The Morgan fingerprint density at radius 3 is 2.62 bits per heavy atom. The Labute approximate surface area is 184 Å². The van der Waals surface area contributed by atoms with Gasteiger partial charge in [0.1, 0.15) is 11.5 Å². The Balaban J connectivity index is 1.46. The molecule has 1 aliphatic heterocycles. The number of esters is 1. The molecule has 166 valence electrons. The van der Waals surface area contributed by atoms with E-state index in [1.807, 2.05) is 19.9 Å². The lowest BCUT2D eigenvalue weighted by Crippen LogP contribution is -2.26. The molecule has 0 aliphatic carbocycles. The Bertz CT molecular complexity index is 1120. The molecule has 2 heterocycles. The Morgan fingerprint density at radius 2 is 1.91 bits per heavy atom. The van der Waals surface area contributed by atoms with E-state index in [1.165, 1.54) is 7.11 Å². The molecule has 1 unspecified atom stereocenters. The van der Waals surface area contributed by atoms with Crippen LogP contribution in [-0.4, -0.2) is 35.3 Å². The zero-order chi connectivity index (χ0) is 22.7. The predicted molar refractivity (Wildman–Crippen MR) is 117 cm³/mol. The molecule has 3 aromatic rings. The van der Waals surface area contributed by atoms with Crippen molar-refractivity contribution in [2.45, 2.75) is 32.5 Å². The monoisotopic (exact) mass is 438 g/mol. The number of anilines is 4. The van der Waals surface area contributed by atoms with Gasteiger partial charge in [0.05, 0.1) is 19.4 Å². The highest BCUT2D eigenvalue weighted by molar-refractivity contribution is 5.77. The molecule has 9 heteroatoms. The summed E-state index contributed by atoms with van der Waals surface area (Å²) in [4.78, 5) is 20.0. The lowest BCUT2D eigenvalue weighted by molar-refractivity contribution is -0.147. The van der Waals surface area contributed by atoms with E-state index >= 15 is 0 Å². The summed E-state index contributed by atoms with van der Waals surface area (Å²) in [5.74, 6) is 0.607. The van der Waals surface area contributed by atoms with Gasteiger partial charge in [0, 0.05) is 23.4 Å². The molecule has 2 aromatic carbocycles. The second kappa shape index (κ2) is 9.09. The molecule has 1 aromatic heterocycles. The molecule has 2 N–H and O–H groups in total. The third kappa shape index (κ3) is 4.88. The average Bonchev–Trinajstić information content (AvgIpc) is 3.20. The van der Waals surface area contributed by atoms with Crippen LogP contribution in [0.5, 0.6) is 11.5 Å². The number of hydrogen-bond acceptors (Lipinski definition) is 8. The Kier molecular flexibility index (Phi) is 6.07. The van der Waals surface area contributed by atoms with Gasteiger partial charge in [-0.1, -0.05) is 0 Å². The van der Waals surface area contributed by atoms with E-state index in [9.17, 15) is 9.18 Å². The summed E-state index contributed by atoms with van der Waals surface area (Å²) in [6.07, 6.45) is 0.919. The third-order valence-corrected chi connectivity index (χ3v) is 4.69. The molecule has 0 saturated carbocycles. The zero-order valence-corrected chi connectivity index (χ0v) is 17.9. The van der Waals surface area contributed by atoms with E-state index in [1.54, 1.807) is 36.4 Å². The van der Waals surface area contributed by atoms with Crippen LogP contribution in [0.3, 0.4) is 0 Å². The van der Waals surface area contributed by atoms with E-state index in [2.05, 4.69) is 20.6 Å². The SMILES string of the molecule is COC(=O)C1Cc2cc(Nc3ncc(F)c(Nc4ccc(OC(C)C)cc4)n3)ccc2O1. The van der Waals surface area contributed by atoms with Crippen molar-refractivity contribution in [3.63, 3.8) is 0 Å². The molecule has 4 rings (SSSR count). The smallest absolute Gasteiger partial charge is 0.347 e. The predicted octanol–water partition coefficient (Wildman–Crippen LogP) is 4.37. The fraction of sp³-hybridized carbons (Fsp3) is 0.261. The van der Waals surface area contributed by atoms with Crippen molar-refractivity contribution in [1.29, 1.82) is 0 Å². The molecule has 8 nitrogen and oxygen atoms in total. The van der Waals surface area contributed by atoms with Gasteiger partial charge in [0.25, 0.3) is 0 Å². The summed E-state index contributed by atoms with van der Waals surface area (Å²) in [7, 11) is 1.33. The highest BCUT2D eigenvalue weighted by Crippen LogP contribution is 2.32. The van der Waals surface area contributed by atoms with Crippen molar-refractivity contribution < 1.29 is 23.4 Å². The lowest BCUT2D eigenvalue weighted by atomic mass is 10.1. The van der Waals surface area contributed by atoms with Crippen molar-refractivity contribution in [2.75, 3.05) is 17.7 Å². The summed E-state index contributed by atoms with van der Waals surface area (Å²) in [5, 5.41) is 6.01. The van der Waals surface area contributed by atoms with Crippen molar-refractivity contribution in [3.05, 3.63) is 60.0 Å². The number of nitrogens with one attached hydrogen (secondary N) is 2. The van der Waals surface area contributed by atoms with E-state index in [4.69, 9.17) is 14.2 Å². The van der Waals surface area contributed by atoms with Gasteiger partial charge in [0.15, 0.2) is 17.7 Å². The van der Waals surface area contributed by atoms with Gasteiger partial charge < -0.3 is 24.8 Å². The highest BCUT2D eigenvalue weighted by Gasteiger charge is 2.30. The normalized spacial score (nSPS) is 14.5. The lowest BCUT2D eigenvalue weighted by Gasteiger charge is -2.12. The van der Waals surface area contributed by atoms with Crippen molar-refractivity contribution in [3.8, 4) is 11.5 Å². The number of rotatable bonds is 7. The van der Waals surface area contributed by atoms with Crippen molar-refractivity contribution in [1.82, 2.24) is 9.97 Å². The standard InChI is InChI=1S/C23H23FN4O4/c1-13(2)31-17-7-4-15(5-8-17)26-21-18(24)12-25-23(28-21)27-16-6-9-19-14(10-16)11-20(32-19)22(29)30-3/h4-10,12-13,20H,11H2,1-3H3,(H2,25,26,27,28).